The second-order valence-electron chi connectivity index (χ2n) is 12.5. The quantitative estimate of drug-likeness (QED) is 0.163. The molecule has 0 radical (unpaired) electrons. The highest BCUT2D eigenvalue weighted by atomic mass is 32.1. The number of nitrogens with zero attached hydrogens (tertiary/aromatic N) is 4. The van der Waals surface area contributed by atoms with Crippen molar-refractivity contribution in [3.63, 3.8) is 0 Å². The van der Waals surface area contributed by atoms with Crippen LogP contribution in [0.15, 0.2) is 72.4 Å². The van der Waals surface area contributed by atoms with Gasteiger partial charge in [0.2, 0.25) is 0 Å². The molecule has 2 aromatic heterocycles. The van der Waals surface area contributed by atoms with Crippen LogP contribution in [0.25, 0.3) is 10.2 Å². The summed E-state index contributed by atoms with van der Waals surface area (Å²) < 4.78 is 5.98. The molecule has 4 amide bonds. The number of amides is 4. The number of carbonyl (C=O) groups excluding carboxylic acids is 3. The fourth-order valence-electron chi connectivity index (χ4n) is 5.83. The first-order valence-corrected chi connectivity index (χ1v) is 15.9. The van der Waals surface area contributed by atoms with Crippen molar-refractivity contribution in [2.45, 2.75) is 46.6 Å². The van der Waals surface area contributed by atoms with Gasteiger partial charge in [0.15, 0.2) is 0 Å². The minimum atomic E-state index is -0.392. The van der Waals surface area contributed by atoms with Gasteiger partial charge in [0, 0.05) is 25.3 Å². The van der Waals surface area contributed by atoms with Gasteiger partial charge in [-0.25, -0.2) is 9.78 Å². The molecule has 2 aliphatic rings. The van der Waals surface area contributed by atoms with Crippen LogP contribution < -0.4 is 20.3 Å². The molecule has 47 heavy (non-hydrogen) atoms. The van der Waals surface area contributed by atoms with Crippen molar-refractivity contribution in [2.75, 3.05) is 23.3 Å². The lowest BCUT2D eigenvalue weighted by molar-refractivity contribution is -0.128. The molecule has 0 bridgehead atoms. The standard InChI is InChI=1S/C35H34N6O4S.H2S/c1-21-17-25(45-24-10-6-5-7-11-24)12-13-26(21)41-27-14-15-37-32-28(27)29(39-34(41)44)30(46-32)31(42)38-23-9-8-16-40(20-23)33(43)22(19-36)18-35(2,3)4;/h5-7,10-15,17-18,23H,8-9,16,20H2,1-4H3,(H,38,42)(H,39,44);1H2/b22-18+;/t23-;/m0./s1. The lowest BCUT2D eigenvalue weighted by Gasteiger charge is -2.33. The molecule has 0 spiro atoms. The Balaban J connectivity index is 0.00000433. The molecule has 1 saturated heterocycles. The number of rotatable bonds is 6. The number of pyridine rings is 1. The first-order chi connectivity index (χ1) is 22.0. The van der Waals surface area contributed by atoms with E-state index in [0.29, 0.717) is 69.6 Å². The van der Waals surface area contributed by atoms with Crippen LogP contribution in [0, 0.1) is 23.7 Å². The molecule has 4 aromatic rings. The number of ether oxygens (including phenoxy) is 1. The highest BCUT2D eigenvalue weighted by Gasteiger charge is 2.35. The summed E-state index contributed by atoms with van der Waals surface area (Å²) in [5.41, 5.74) is 2.34. The average Bonchev–Trinajstić information content (AvgIpc) is 3.40. The van der Waals surface area contributed by atoms with Crippen LogP contribution in [0.5, 0.6) is 11.5 Å². The van der Waals surface area contributed by atoms with Crippen molar-refractivity contribution in [3.8, 4) is 17.6 Å². The van der Waals surface area contributed by atoms with Gasteiger partial charge in [0.1, 0.15) is 32.8 Å². The smallest absolute Gasteiger partial charge is 0.331 e. The van der Waals surface area contributed by atoms with Gasteiger partial charge in [0.05, 0.1) is 22.4 Å². The van der Waals surface area contributed by atoms with Crippen molar-refractivity contribution in [1.82, 2.24) is 15.2 Å². The maximum absolute atomic E-state index is 13.7. The normalized spacial score (nSPS) is 16.2. The van der Waals surface area contributed by atoms with E-state index in [4.69, 9.17) is 4.74 Å². The number of hydrogen-bond acceptors (Lipinski definition) is 7. The third-order valence-corrected chi connectivity index (χ3v) is 8.91. The Morgan fingerprint density at radius 2 is 1.89 bits per heavy atom. The van der Waals surface area contributed by atoms with E-state index in [1.54, 1.807) is 28.1 Å². The number of piperidine rings is 1. The second kappa shape index (κ2) is 13.5. The summed E-state index contributed by atoms with van der Waals surface area (Å²) in [4.78, 5) is 49.2. The number of nitrogens with one attached hydrogen (secondary N) is 2. The molecule has 0 saturated carbocycles. The molecule has 1 fully saturated rings. The van der Waals surface area contributed by atoms with E-state index < -0.39 is 6.03 Å². The lowest BCUT2D eigenvalue weighted by atomic mass is 9.93. The van der Waals surface area contributed by atoms with Gasteiger partial charge in [-0.2, -0.15) is 18.8 Å². The van der Waals surface area contributed by atoms with E-state index in [0.717, 1.165) is 5.56 Å². The number of allylic oxidation sites excluding steroid dienone is 1. The van der Waals surface area contributed by atoms with Gasteiger partial charge in [-0.15, -0.1) is 11.3 Å². The van der Waals surface area contributed by atoms with Crippen LogP contribution in [0.3, 0.4) is 0 Å². The van der Waals surface area contributed by atoms with Crippen LogP contribution in [-0.4, -0.2) is 46.9 Å². The Labute approximate surface area is 284 Å². The van der Waals surface area contributed by atoms with Crippen LogP contribution in [0.1, 0.15) is 48.8 Å². The van der Waals surface area contributed by atoms with Crippen LogP contribution in [-0.2, 0) is 4.79 Å². The average molecular weight is 669 g/mol. The molecule has 2 N–H and O–H groups in total. The van der Waals surface area contributed by atoms with Crippen LogP contribution in [0.2, 0.25) is 0 Å². The molecule has 242 valence electrons. The zero-order valence-electron chi connectivity index (χ0n) is 26.6. The van der Waals surface area contributed by atoms with Crippen molar-refractivity contribution < 1.29 is 19.1 Å². The number of carbonyl (C=O) groups is 3. The first kappa shape index (κ1) is 33.5. The molecule has 10 nitrogen and oxygen atoms in total. The van der Waals surface area contributed by atoms with E-state index in [1.165, 1.54) is 11.3 Å². The summed E-state index contributed by atoms with van der Waals surface area (Å²) in [5.74, 6) is 0.689. The molecule has 1 atom stereocenters. The van der Waals surface area contributed by atoms with E-state index >= 15 is 0 Å². The van der Waals surface area contributed by atoms with E-state index in [-0.39, 0.29) is 42.3 Å². The third-order valence-electron chi connectivity index (χ3n) is 7.81. The van der Waals surface area contributed by atoms with Crippen molar-refractivity contribution >= 4 is 70.0 Å². The SMILES string of the molecule is Cc1cc(Oc2ccccc2)ccc1N1C(=O)Nc2c(C(=O)N[C@H]3CCCN(C(=O)/C(C#N)=C/C(C)(C)C)C3)sc3nccc1c23.S. The Morgan fingerprint density at radius 3 is 2.60 bits per heavy atom. The zero-order valence-corrected chi connectivity index (χ0v) is 28.4. The predicted molar refractivity (Wildman–Crippen MR) is 189 cm³/mol. The number of urea groups is 1. The van der Waals surface area contributed by atoms with Crippen molar-refractivity contribution in [3.05, 3.63) is 82.9 Å². The number of thiophene rings is 1. The Morgan fingerprint density at radius 1 is 1.13 bits per heavy atom. The molecular weight excluding hydrogens is 633 g/mol. The van der Waals surface area contributed by atoms with Gasteiger partial charge in [-0.3, -0.25) is 14.5 Å². The van der Waals surface area contributed by atoms with E-state index in [9.17, 15) is 19.6 Å². The summed E-state index contributed by atoms with van der Waals surface area (Å²) in [5, 5.41) is 16.3. The number of nitriles is 1. The van der Waals surface area contributed by atoms with Crippen LogP contribution >= 0.6 is 24.8 Å². The lowest BCUT2D eigenvalue weighted by Crippen LogP contribution is -2.50. The van der Waals surface area contributed by atoms with Gasteiger partial charge in [-0.1, -0.05) is 45.0 Å². The molecule has 4 heterocycles. The summed E-state index contributed by atoms with van der Waals surface area (Å²) in [6, 6.07) is 18.1. The van der Waals surface area contributed by atoms with Gasteiger partial charge in [-0.05, 0) is 67.1 Å². The molecule has 0 aliphatic carbocycles. The highest BCUT2D eigenvalue weighted by Crippen LogP contribution is 2.46. The molecule has 0 unspecified atom stereocenters. The van der Waals surface area contributed by atoms with Crippen molar-refractivity contribution in [2.24, 2.45) is 5.41 Å². The van der Waals surface area contributed by atoms with Gasteiger partial charge >= 0.3 is 6.03 Å². The monoisotopic (exact) mass is 668 g/mol. The summed E-state index contributed by atoms with van der Waals surface area (Å²) >= 11 is 1.21. The number of aromatic nitrogens is 1. The van der Waals surface area contributed by atoms with E-state index in [2.05, 4.69) is 15.6 Å². The Kier molecular flexibility index (Phi) is 9.60. The Bertz CT molecular complexity index is 1930. The number of para-hydroxylation sites is 1. The first-order valence-electron chi connectivity index (χ1n) is 15.1. The minimum Gasteiger partial charge on any atom is -0.457 e. The fraction of sp³-hybridized carbons (Fsp3) is 0.286. The molecule has 2 aliphatic heterocycles. The maximum atomic E-state index is 13.7. The minimum absolute atomic E-state index is 0. The van der Waals surface area contributed by atoms with Crippen molar-refractivity contribution in [1.29, 1.82) is 5.26 Å². The zero-order chi connectivity index (χ0) is 32.6. The number of likely N-dealkylation sites (tertiary alicyclic amines) is 1. The largest absolute Gasteiger partial charge is 0.457 e. The third kappa shape index (κ3) is 6.96. The number of aryl methyl sites for hydroxylation is 1. The number of benzene rings is 2. The molecular formula is C35H36N6O4S2. The van der Waals surface area contributed by atoms with E-state index in [1.807, 2.05) is 82.3 Å². The fourth-order valence-corrected chi connectivity index (χ4v) is 6.85. The molecule has 12 heteroatoms. The Hall–Kier alpha value is -4.86. The van der Waals surface area contributed by atoms with Gasteiger partial charge < -0.3 is 20.3 Å². The topological polar surface area (TPSA) is 128 Å². The second-order valence-corrected chi connectivity index (χ2v) is 13.5. The molecule has 2 aromatic carbocycles. The highest BCUT2D eigenvalue weighted by molar-refractivity contribution is 7.59. The number of anilines is 3. The van der Waals surface area contributed by atoms with Crippen LogP contribution in [0.4, 0.5) is 21.9 Å². The summed E-state index contributed by atoms with van der Waals surface area (Å²) in [6.45, 7) is 8.53. The summed E-state index contributed by atoms with van der Waals surface area (Å²) in [7, 11) is 0. The number of hydrogen-bond donors (Lipinski definition) is 2. The predicted octanol–water partition coefficient (Wildman–Crippen LogP) is 7.41. The maximum Gasteiger partial charge on any atom is 0.331 e. The summed E-state index contributed by atoms with van der Waals surface area (Å²) in [6.07, 6.45) is 4.70. The van der Waals surface area contributed by atoms with Gasteiger partial charge in [0.25, 0.3) is 11.8 Å². The molecule has 6 rings (SSSR count).